The van der Waals surface area contributed by atoms with Gasteiger partial charge in [0.15, 0.2) is 11.5 Å². The van der Waals surface area contributed by atoms with E-state index in [1.165, 1.54) is 0 Å². The second-order valence-corrected chi connectivity index (χ2v) is 6.44. The van der Waals surface area contributed by atoms with Gasteiger partial charge in [-0.2, -0.15) is 0 Å². The molecular formula is C22H24N2O3. The Hall–Kier alpha value is -3.21. The molecule has 0 bridgehead atoms. The number of benzene rings is 2. The Kier molecular flexibility index (Phi) is 5.21. The molecule has 1 amide bonds. The molecule has 0 aliphatic carbocycles. The van der Waals surface area contributed by atoms with E-state index in [0.29, 0.717) is 23.6 Å². The fraction of sp³-hybridized carbons (Fsp3) is 0.227. The van der Waals surface area contributed by atoms with E-state index in [2.05, 4.69) is 4.57 Å². The van der Waals surface area contributed by atoms with Gasteiger partial charge < -0.3 is 19.8 Å². The first-order valence-corrected chi connectivity index (χ1v) is 8.73. The fourth-order valence-corrected chi connectivity index (χ4v) is 3.59. The van der Waals surface area contributed by atoms with Crippen molar-refractivity contribution in [3.05, 3.63) is 70.9 Å². The van der Waals surface area contributed by atoms with Crippen LogP contribution in [-0.4, -0.2) is 24.7 Å². The van der Waals surface area contributed by atoms with E-state index >= 15 is 0 Å². The molecule has 2 aromatic carbocycles. The summed E-state index contributed by atoms with van der Waals surface area (Å²) in [6, 6.07) is 15.9. The molecule has 5 heteroatoms. The lowest BCUT2D eigenvalue weighted by atomic mass is 10.0. The Bertz CT molecular complexity index is 975. The van der Waals surface area contributed by atoms with Gasteiger partial charge in [0.2, 0.25) is 0 Å². The molecule has 2 N–H and O–H groups in total. The minimum atomic E-state index is -0.409. The molecule has 3 rings (SSSR count). The number of primary amides is 1. The zero-order valence-electron chi connectivity index (χ0n) is 16.1. The molecule has 0 saturated heterocycles. The van der Waals surface area contributed by atoms with Crippen LogP contribution in [0.25, 0.3) is 11.3 Å². The van der Waals surface area contributed by atoms with Gasteiger partial charge in [-0.25, -0.2) is 0 Å². The normalized spacial score (nSPS) is 10.7. The number of amides is 1. The van der Waals surface area contributed by atoms with Crippen molar-refractivity contribution in [1.82, 2.24) is 4.57 Å². The summed E-state index contributed by atoms with van der Waals surface area (Å²) in [7, 11) is 3.23. The molecule has 0 aliphatic heterocycles. The summed E-state index contributed by atoms with van der Waals surface area (Å²) in [5, 5.41) is 0. The molecule has 1 heterocycles. The van der Waals surface area contributed by atoms with Crippen molar-refractivity contribution in [2.45, 2.75) is 20.4 Å². The van der Waals surface area contributed by atoms with Gasteiger partial charge in [0.25, 0.3) is 5.91 Å². The molecule has 3 aromatic rings. The zero-order valence-corrected chi connectivity index (χ0v) is 16.1. The number of carbonyl (C=O) groups is 1. The second-order valence-electron chi connectivity index (χ2n) is 6.44. The van der Waals surface area contributed by atoms with Crippen molar-refractivity contribution in [3.63, 3.8) is 0 Å². The van der Waals surface area contributed by atoms with Crippen molar-refractivity contribution in [3.8, 4) is 22.8 Å². The van der Waals surface area contributed by atoms with Crippen molar-refractivity contribution in [2.24, 2.45) is 5.73 Å². The second kappa shape index (κ2) is 7.58. The standard InChI is InChI=1S/C22H24N2O3/c1-14-20(22(23)25)15(2)24(21(14)17-8-6-5-7-9-17)13-16-10-11-18(26-3)19(12-16)27-4/h5-12H,13H2,1-4H3,(H2,23,25). The molecule has 0 saturated carbocycles. The van der Waals surface area contributed by atoms with Gasteiger partial charge in [0.1, 0.15) is 0 Å². The van der Waals surface area contributed by atoms with Gasteiger partial charge in [0, 0.05) is 12.2 Å². The largest absolute Gasteiger partial charge is 0.493 e. The third-order valence-corrected chi connectivity index (χ3v) is 4.85. The lowest BCUT2D eigenvalue weighted by molar-refractivity contribution is 0.0999. The van der Waals surface area contributed by atoms with E-state index in [0.717, 1.165) is 28.1 Å². The van der Waals surface area contributed by atoms with Crippen LogP contribution >= 0.6 is 0 Å². The van der Waals surface area contributed by atoms with Crippen molar-refractivity contribution in [1.29, 1.82) is 0 Å². The number of rotatable bonds is 6. The van der Waals surface area contributed by atoms with E-state index in [4.69, 9.17) is 15.2 Å². The minimum Gasteiger partial charge on any atom is -0.493 e. The van der Waals surface area contributed by atoms with Crippen LogP contribution in [0.15, 0.2) is 48.5 Å². The summed E-state index contributed by atoms with van der Waals surface area (Å²) in [6.07, 6.45) is 0. The average Bonchev–Trinajstić information content (AvgIpc) is 2.92. The molecule has 0 fully saturated rings. The summed E-state index contributed by atoms with van der Waals surface area (Å²) < 4.78 is 12.9. The van der Waals surface area contributed by atoms with Gasteiger partial charge in [-0.1, -0.05) is 36.4 Å². The summed E-state index contributed by atoms with van der Waals surface area (Å²) in [4.78, 5) is 12.0. The van der Waals surface area contributed by atoms with Gasteiger partial charge >= 0.3 is 0 Å². The highest BCUT2D eigenvalue weighted by atomic mass is 16.5. The SMILES string of the molecule is COc1ccc(Cn2c(C)c(C(N)=O)c(C)c2-c2ccccc2)cc1OC. The molecule has 0 spiro atoms. The number of methoxy groups -OCH3 is 2. The van der Waals surface area contributed by atoms with Crippen LogP contribution in [0.2, 0.25) is 0 Å². The molecule has 0 radical (unpaired) electrons. The monoisotopic (exact) mass is 364 g/mol. The molecular weight excluding hydrogens is 340 g/mol. The number of nitrogens with zero attached hydrogens (tertiary/aromatic N) is 1. The predicted octanol–water partition coefficient (Wildman–Crippen LogP) is 3.94. The van der Waals surface area contributed by atoms with Crippen molar-refractivity contribution in [2.75, 3.05) is 14.2 Å². The van der Waals surface area contributed by atoms with Crippen LogP contribution in [0.1, 0.15) is 27.2 Å². The zero-order chi connectivity index (χ0) is 19.6. The highest BCUT2D eigenvalue weighted by Crippen LogP contribution is 2.33. The van der Waals surface area contributed by atoms with Gasteiger partial charge in [-0.05, 0) is 42.7 Å². The number of aromatic nitrogens is 1. The summed E-state index contributed by atoms with van der Waals surface area (Å²) in [5.74, 6) is 0.948. The highest BCUT2D eigenvalue weighted by Gasteiger charge is 2.22. The maximum Gasteiger partial charge on any atom is 0.250 e. The molecule has 27 heavy (non-hydrogen) atoms. The first-order valence-electron chi connectivity index (χ1n) is 8.73. The number of hydrogen-bond donors (Lipinski definition) is 1. The minimum absolute atomic E-state index is 0.409. The Morgan fingerprint density at radius 3 is 2.26 bits per heavy atom. The highest BCUT2D eigenvalue weighted by molar-refractivity contribution is 5.98. The van der Waals surface area contributed by atoms with Gasteiger partial charge in [-0.3, -0.25) is 4.79 Å². The maximum absolute atomic E-state index is 12.0. The fourth-order valence-electron chi connectivity index (χ4n) is 3.59. The molecule has 0 aliphatic rings. The third-order valence-electron chi connectivity index (χ3n) is 4.85. The van der Waals surface area contributed by atoms with E-state index in [1.54, 1.807) is 14.2 Å². The number of carbonyl (C=O) groups excluding carboxylic acids is 1. The van der Waals surface area contributed by atoms with Crippen LogP contribution in [0.3, 0.4) is 0 Å². The van der Waals surface area contributed by atoms with E-state index in [1.807, 2.05) is 62.4 Å². The van der Waals surface area contributed by atoms with Crippen LogP contribution in [-0.2, 0) is 6.54 Å². The quantitative estimate of drug-likeness (QED) is 0.720. The Balaban J connectivity index is 2.15. The van der Waals surface area contributed by atoms with Gasteiger partial charge in [0.05, 0.1) is 25.5 Å². The molecule has 0 atom stereocenters. The Labute approximate surface area is 159 Å². The number of ether oxygens (including phenoxy) is 2. The molecule has 0 unspecified atom stereocenters. The van der Waals surface area contributed by atoms with Crippen LogP contribution in [0.4, 0.5) is 0 Å². The first kappa shape index (κ1) is 18.6. The van der Waals surface area contributed by atoms with Gasteiger partial charge in [-0.15, -0.1) is 0 Å². The smallest absolute Gasteiger partial charge is 0.250 e. The predicted molar refractivity (Wildman–Crippen MR) is 107 cm³/mol. The molecule has 5 nitrogen and oxygen atoms in total. The first-order chi connectivity index (χ1) is 13.0. The lowest BCUT2D eigenvalue weighted by Gasteiger charge is -2.15. The van der Waals surface area contributed by atoms with E-state index in [9.17, 15) is 4.79 Å². The van der Waals surface area contributed by atoms with E-state index < -0.39 is 5.91 Å². The average molecular weight is 364 g/mol. The van der Waals surface area contributed by atoms with Crippen molar-refractivity contribution >= 4 is 5.91 Å². The molecule has 1 aromatic heterocycles. The summed E-state index contributed by atoms with van der Waals surface area (Å²) in [6.45, 7) is 4.46. The Morgan fingerprint density at radius 2 is 1.67 bits per heavy atom. The summed E-state index contributed by atoms with van der Waals surface area (Å²) >= 11 is 0. The third kappa shape index (κ3) is 3.40. The van der Waals surface area contributed by atoms with E-state index in [-0.39, 0.29) is 0 Å². The van der Waals surface area contributed by atoms with Crippen molar-refractivity contribution < 1.29 is 14.3 Å². The Morgan fingerprint density at radius 1 is 1.00 bits per heavy atom. The number of hydrogen-bond acceptors (Lipinski definition) is 3. The van der Waals surface area contributed by atoms with Crippen LogP contribution in [0.5, 0.6) is 11.5 Å². The topological polar surface area (TPSA) is 66.5 Å². The maximum atomic E-state index is 12.0. The lowest BCUT2D eigenvalue weighted by Crippen LogP contribution is -2.13. The number of nitrogens with two attached hydrogens (primary N) is 1. The van der Waals surface area contributed by atoms with Crippen LogP contribution in [0, 0.1) is 13.8 Å². The van der Waals surface area contributed by atoms with Crippen LogP contribution < -0.4 is 15.2 Å². The molecule has 140 valence electrons. The summed E-state index contributed by atoms with van der Waals surface area (Å²) in [5.41, 5.74) is 11.1.